The molecule has 2 rings (SSSR count). The minimum Gasteiger partial charge on any atom is -0.435 e. The Morgan fingerprint density at radius 3 is 2.88 bits per heavy atom. The Labute approximate surface area is 104 Å². The van der Waals surface area contributed by atoms with Crippen molar-refractivity contribution in [1.29, 1.82) is 0 Å². The molecule has 1 saturated heterocycles. The normalized spacial score (nSPS) is 28.2. The Kier molecular flexibility index (Phi) is 4.26. The molecule has 1 heterocycles. The number of benzene rings is 1. The van der Waals surface area contributed by atoms with Crippen molar-refractivity contribution in [2.75, 3.05) is 0 Å². The Morgan fingerprint density at radius 2 is 2.24 bits per heavy atom. The van der Waals surface area contributed by atoms with Crippen molar-refractivity contribution in [3.63, 3.8) is 0 Å². The van der Waals surface area contributed by atoms with Crippen LogP contribution in [0.15, 0.2) is 43.1 Å². The van der Waals surface area contributed by atoms with Crippen LogP contribution in [-0.4, -0.2) is 19.5 Å². The molecule has 1 aromatic rings. The number of nitrogens with one attached hydrogen (secondary N) is 1. The van der Waals surface area contributed by atoms with Crippen LogP contribution in [0.1, 0.15) is 31.2 Å². The fraction of sp³-hybridized carbons (Fsp3) is 0.429. The van der Waals surface area contributed by atoms with E-state index in [0.29, 0.717) is 12.0 Å². The molecule has 1 fully saturated rings. The molecule has 0 aromatic heterocycles. The maximum absolute atomic E-state index is 5.82. The molecule has 3 unspecified atom stereocenters. The highest BCUT2D eigenvalue weighted by Gasteiger charge is 2.31. The van der Waals surface area contributed by atoms with Crippen molar-refractivity contribution in [2.45, 2.75) is 37.7 Å². The summed E-state index contributed by atoms with van der Waals surface area (Å²) in [6, 6.07) is 10.6. The van der Waals surface area contributed by atoms with Gasteiger partial charge in [0.1, 0.15) is 0 Å². The van der Waals surface area contributed by atoms with Crippen LogP contribution in [0.2, 0.25) is 0 Å². The van der Waals surface area contributed by atoms with Crippen LogP contribution >= 0.6 is 0 Å². The molecule has 1 aliphatic rings. The maximum Gasteiger partial charge on any atom is 0.317 e. The summed E-state index contributed by atoms with van der Waals surface area (Å²) in [5.41, 5.74) is 1.36. The second-order valence-corrected chi connectivity index (χ2v) is 4.45. The third kappa shape index (κ3) is 2.92. The first-order valence-corrected chi connectivity index (χ1v) is 6.25. The van der Waals surface area contributed by atoms with Gasteiger partial charge in [-0.2, -0.15) is 0 Å². The van der Waals surface area contributed by atoms with Gasteiger partial charge in [-0.1, -0.05) is 43.8 Å². The van der Waals surface area contributed by atoms with E-state index < -0.39 is 0 Å². The van der Waals surface area contributed by atoms with Crippen LogP contribution < -0.4 is 5.32 Å². The van der Waals surface area contributed by atoms with Crippen molar-refractivity contribution in [2.24, 2.45) is 0 Å². The molecule has 1 aromatic carbocycles. The van der Waals surface area contributed by atoms with E-state index in [-0.39, 0.29) is 5.94 Å². The molecule has 17 heavy (non-hydrogen) atoms. The van der Waals surface area contributed by atoms with Crippen LogP contribution in [0.4, 0.5) is 0 Å². The lowest BCUT2D eigenvalue weighted by Gasteiger charge is -2.36. The summed E-state index contributed by atoms with van der Waals surface area (Å²) < 4.78 is 5.82. The first-order valence-electron chi connectivity index (χ1n) is 6.25. The molecule has 89 valence electrons. The summed E-state index contributed by atoms with van der Waals surface area (Å²) in [4.78, 5) is 0. The van der Waals surface area contributed by atoms with Gasteiger partial charge in [-0.15, -0.1) is 0 Å². The standard InChI is InChI=1S/C14H19BNO/c1-3-13-12(11-8-6-5-7-9-11)10-14(15-17-13)16-4-2/h4-9,12-14,16H,2-3,10H2,1H3. The van der Waals surface area contributed by atoms with Crippen LogP contribution in [0.5, 0.6) is 0 Å². The summed E-state index contributed by atoms with van der Waals surface area (Å²) in [6.45, 7) is 5.88. The number of rotatable bonds is 4. The van der Waals surface area contributed by atoms with Gasteiger partial charge in [0.2, 0.25) is 0 Å². The Morgan fingerprint density at radius 1 is 1.47 bits per heavy atom. The average molecular weight is 228 g/mol. The van der Waals surface area contributed by atoms with E-state index in [1.54, 1.807) is 6.20 Å². The molecule has 0 spiro atoms. The second kappa shape index (κ2) is 5.92. The maximum atomic E-state index is 5.82. The predicted octanol–water partition coefficient (Wildman–Crippen LogP) is 2.65. The molecule has 1 aliphatic heterocycles. The summed E-state index contributed by atoms with van der Waals surface area (Å²) in [7, 11) is 1.91. The van der Waals surface area contributed by atoms with Crippen molar-refractivity contribution < 1.29 is 4.65 Å². The third-order valence-corrected chi connectivity index (χ3v) is 3.34. The van der Waals surface area contributed by atoms with Gasteiger partial charge < -0.3 is 9.97 Å². The van der Waals surface area contributed by atoms with Crippen molar-refractivity contribution in [1.82, 2.24) is 5.32 Å². The van der Waals surface area contributed by atoms with E-state index in [4.69, 9.17) is 4.65 Å². The van der Waals surface area contributed by atoms with Gasteiger partial charge in [-0.25, -0.2) is 0 Å². The highest BCUT2D eigenvalue weighted by atomic mass is 16.4. The quantitative estimate of drug-likeness (QED) is 0.800. The Bertz CT molecular complexity index is 354. The van der Waals surface area contributed by atoms with Gasteiger partial charge in [0, 0.05) is 18.0 Å². The Balaban J connectivity index is 2.12. The van der Waals surface area contributed by atoms with Gasteiger partial charge in [0.05, 0.1) is 0 Å². The fourth-order valence-corrected chi connectivity index (χ4v) is 2.46. The van der Waals surface area contributed by atoms with E-state index in [0.717, 1.165) is 12.8 Å². The van der Waals surface area contributed by atoms with Crippen LogP contribution in [0.25, 0.3) is 0 Å². The lowest BCUT2D eigenvalue weighted by atomic mass is 9.72. The monoisotopic (exact) mass is 228 g/mol. The zero-order valence-electron chi connectivity index (χ0n) is 10.3. The van der Waals surface area contributed by atoms with Gasteiger partial charge in [0.25, 0.3) is 0 Å². The van der Waals surface area contributed by atoms with Gasteiger partial charge in [-0.05, 0) is 24.6 Å². The summed E-state index contributed by atoms with van der Waals surface area (Å²) in [5.74, 6) is 0.726. The van der Waals surface area contributed by atoms with E-state index in [9.17, 15) is 0 Å². The van der Waals surface area contributed by atoms with E-state index >= 15 is 0 Å². The SMILES string of the molecule is C=CNC1[B]OC(CC)C(c2ccccc2)C1. The zero-order valence-corrected chi connectivity index (χ0v) is 10.3. The minimum absolute atomic E-state index is 0.264. The zero-order chi connectivity index (χ0) is 12.1. The smallest absolute Gasteiger partial charge is 0.317 e. The molecule has 3 heteroatoms. The van der Waals surface area contributed by atoms with Gasteiger partial charge in [-0.3, -0.25) is 0 Å². The average Bonchev–Trinajstić information content (AvgIpc) is 2.40. The molecule has 0 saturated carbocycles. The first-order chi connectivity index (χ1) is 8.35. The molecule has 2 nitrogen and oxygen atoms in total. The van der Waals surface area contributed by atoms with Crippen LogP contribution in [0.3, 0.4) is 0 Å². The Hall–Kier alpha value is -1.22. The molecule has 3 atom stereocenters. The second-order valence-electron chi connectivity index (χ2n) is 4.45. The van der Waals surface area contributed by atoms with Crippen molar-refractivity contribution >= 4 is 7.48 Å². The number of hydrogen-bond donors (Lipinski definition) is 1. The first kappa shape index (κ1) is 12.2. The highest BCUT2D eigenvalue weighted by molar-refractivity contribution is 6.30. The van der Waals surface area contributed by atoms with Gasteiger partial charge in [0.15, 0.2) is 0 Å². The lowest BCUT2D eigenvalue weighted by molar-refractivity contribution is 0.138. The van der Waals surface area contributed by atoms with E-state index in [1.807, 2.05) is 7.48 Å². The largest absolute Gasteiger partial charge is 0.435 e. The molecule has 1 N–H and O–H groups in total. The fourth-order valence-electron chi connectivity index (χ4n) is 2.46. The summed E-state index contributed by atoms with van der Waals surface area (Å²) in [6.07, 6.45) is 4.13. The minimum atomic E-state index is 0.264. The van der Waals surface area contributed by atoms with E-state index in [1.165, 1.54) is 5.56 Å². The van der Waals surface area contributed by atoms with Crippen LogP contribution in [-0.2, 0) is 4.65 Å². The van der Waals surface area contributed by atoms with E-state index in [2.05, 4.69) is 49.2 Å². The topological polar surface area (TPSA) is 21.3 Å². The molecular weight excluding hydrogens is 209 g/mol. The molecule has 0 aliphatic carbocycles. The molecule has 0 bridgehead atoms. The number of hydrogen-bond acceptors (Lipinski definition) is 2. The molecule has 0 amide bonds. The van der Waals surface area contributed by atoms with Gasteiger partial charge >= 0.3 is 7.48 Å². The predicted molar refractivity (Wildman–Crippen MR) is 71.8 cm³/mol. The molecule has 1 radical (unpaired) electrons. The third-order valence-electron chi connectivity index (χ3n) is 3.34. The summed E-state index contributed by atoms with van der Waals surface area (Å²) in [5, 5.41) is 3.21. The van der Waals surface area contributed by atoms with Crippen LogP contribution in [0, 0.1) is 0 Å². The molecular formula is C14H19BNO. The lowest BCUT2D eigenvalue weighted by Crippen LogP contribution is -2.43. The van der Waals surface area contributed by atoms with Crippen molar-refractivity contribution in [3.8, 4) is 0 Å². The summed E-state index contributed by atoms with van der Waals surface area (Å²) >= 11 is 0. The highest BCUT2D eigenvalue weighted by Crippen LogP contribution is 2.31. The van der Waals surface area contributed by atoms with Crippen molar-refractivity contribution in [3.05, 3.63) is 48.7 Å².